The van der Waals surface area contributed by atoms with Gasteiger partial charge >= 0.3 is 17.9 Å². The van der Waals surface area contributed by atoms with Gasteiger partial charge < -0.3 is 19.3 Å². The first-order valence-electron chi connectivity index (χ1n) is 8.48. The maximum atomic E-state index is 12.2. The van der Waals surface area contributed by atoms with Gasteiger partial charge in [-0.1, -0.05) is 0 Å². The van der Waals surface area contributed by atoms with Crippen LogP contribution in [0.15, 0.2) is 72.8 Å². The molecule has 3 aromatic rings. The van der Waals surface area contributed by atoms with E-state index in [2.05, 4.69) is 4.74 Å². The van der Waals surface area contributed by atoms with E-state index in [0.717, 1.165) is 0 Å². The first-order valence-corrected chi connectivity index (χ1v) is 8.48. The Labute approximate surface area is 166 Å². The minimum absolute atomic E-state index is 0.0457. The van der Waals surface area contributed by atoms with Gasteiger partial charge in [-0.3, -0.25) is 0 Å². The number of hydrogen-bond acceptors (Lipinski definition) is 7. The SMILES string of the molecule is COC(=O)c1ccc(OC(=O)c2ccc(OC(=O)c3ccc(O)cc3)cc2)cc1. The van der Waals surface area contributed by atoms with Crippen LogP contribution < -0.4 is 9.47 Å². The minimum atomic E-state index is -0.604. The van der Waals surface area contributed by atoms with Crippen LogP contribution in [0.2, 0.25) is 0 Å². The molecule has 29 heavy (non-hydrogen) atoms. The molecule has 0 saturated heterocycles. The summed E-state index contributed by atoms with van der Waals surface area (Å²) in [6.45, 7) is 0. The number of methoxy groups -OCH3 is 1. The summed E-state index contributed by atoms with van der Waals surface area (Å²) >= 11 is 0. The van der Waals surface area contributed by atoms with E-state index in [1.807, 2.05) is 0 Å². The number of ether oxygens (including phenoxy) is 3. The number of phenols is 1. The van der Waals surface area contributed by atoms with E-state index in [1.165, 1.54) is 79.9 Å². The van der Waals surface area contributed by atoms with E-state index in [4.69, 9.17) is 9.47 Å². The van der Waals surface area contributed by atoms with Gasteiger partial charge in [0.15, 0.2) is 0 Å². The van der Waals surface area contributed by atoms with Crippen LogP contribution in [0.3, 0.4) is 0 Å². The molecule has 0 aliphatic carbocycles. The van der Waals surface area contributed by atoms with Gasteiger partial charge in [0.2, 0.25) is 0 Å². The lowest BCUT2D eigenvalue weighted by atomic mass is 10.2. The number of benzene rings is 3. The molecule has 0 unspecified atom stereocenters. The summed E-state index contributed by atoms with van der Waals surface area (Å²) in [5.41, 5.74) is 0.875. The number of esters is 3. The number of carbonyl (C=O) groups excluding carboxylic acids is 3. The zero-order valence-corrected chi connectivity index (χ0v) is 15.3. The number of rotatable bonds is 5. The lowest BCUT2D eigenvalue weighted by Gasteiger charge is -2.07. The van der Waals surface area contributed by atoms with Crippen LogP contribution in [0.4, 0.5) is 0 Å². The number of hydrogen-bond donors (Lipinski definition) is 1. The minimum Gasteiger partial charge on any atom is -0.508 e. The lowest BCUT2D eigenvalue weighted by molar-refractivity contribution is 0.0600. The molecule has 3 rings (SSSR count). The maximum Gasteiger partial charge on any atom is 0.343 e. The average molecular weight is 392 g/mol. The Morgan fingerprint density at radius 3 is 1.31 bits per heavy atom. The third-order valence-corrected chi connectivity index (χ3v) is 3.89. The standard InChI is InChI=1S/C22H16O7/c1-27-20(24)14-4-10-18(11-5-14)29-22(26)16-6-12-19(13-7-16)28-21(25)15-2-8-17(23)9-3-15/h2-13,23H,1H3. The van der Waals surface area contributed by atoms with Crippen LogP contribution in [-0.2, 0) is 4.74 Å². The topological polar surface area (TPSA) is 99.1 Å². The molecule has 3 aromatic carbocycles. The largest absolute Gasteiger partial charge is 0.508 e. The predicted octanol–water partition coefficient (Wildman–Crippen LogP) is 3.62. The first-order chi connectivity index (χ1) is 14.0. The molecule has 0 amide bonds. The van der Waals surface area contributed by atoms with E-state index >= 15 is 0 Å². The van der Waals surface area contributed by atoms with Gasteiger partial charge in [-0.2, -0.15) is 0 Å². The zero-order valence-electron chi connectivity index (χ0n) is 15.3. The highest BCUT2D eigenvalue weighted by Crippen LogP contribution is 2.18. The monoisotopic (exact) mass is 392 g/mol. The van der Waals surface area contributed by atoms with Crippen molar-refractivity contribution in [3.8, 4) is 17.2 Å². The van der Waals surface area contributed by atoms with Crippen LogP contribution in [0, 0.1) is 0 Å². The molecule has 0 aliphatic rings. The Bertz CT molecular complexity index is 1020. The fourth-order valence-electron chi connectivity index (χ4n) is 2.37. The van der Waals surface area contributed by atoms with Gasteiger partial charge in [0.25, 0.3) is 0 Å². The third kappa shape index (κ3) is 4.98. The summed E-state index contributed by atoms with van der Waals surface area (Å²) in [6, 6.07) is 17.4. The predicted molar refractivity (Wildman–Crippen MR) is 102 cm³/mol. The van der Waals surface area contributed by atoms with E-state index in [-0.39, 0.29) is 28.4 Å². The summed E-state index contributed by atoms with van der Waals surface area (Å²) in [7, 11) is 1.28. The molecule has 0 atom stereocenters. The molecule has 0 saturated carbocycles. The van der Waals surface area contributed by atoms with Crippen molar-refractivity contribution in [2.24, 2.45) is 0 Å². The molecule has 0 spiro atoms. The van der Waals surface area contributed by atoms with Crippen molar-refractivity contribution in [3.63, 3.8) is 0 Å². The molecule has 0 bridgehead atoms. The Morgan fingerprint density at radius 2 is 0.931 bits per heavy atom. The molecular formula is C22H16O7. The van der Waals surface area contributed by atoms with Crippen LogP contribution >= 0.6 is 0 Å². The summed E-state index contributed by atoms with van der Waals surface area (Å²) in [5, 5.41) is 9.25. The summed E-state index contributed by atoms with van der Waals surface area (Å²) in [5.74, 6) is -1.12. The fourth-order valence-corrected chi connectivity index (χ4v) is 2.37. The highest BCUT2D eigenvalue weighted by Gasteiger charge is 2.12. The van der Waals surface area contributed by atoms with E-state index in [0.29, 0.717) is 5.56 Å². The molecular weight excluding hydrogens is 376 g/mol. The second-order valence-electron chi connectivity index (χ2n) is 5.87. The Kier molecular flexibility index (Phi) is 5.89. The molecule has 146 valence electrons. The molecule has 0 aliphatic heterocycles. The average Bonchev–Trinajstić information content (AvgIpc) is 2.74. The Hall–Kier alpha value is -4.13. The van der Waals surface area contributed by atoms with Crippen molar-refractivity contribution in [3.05, 3.63) is 89.5 Å². The zero-order chi connectivity index (χ0) is 20.8. The second-order valence-corrected chi connectivity index (χ2v) is 5.87. The highest BCUT2D eigenvalue weighted by molar-refractivity contribution is 5.93. The van der Waals surface area contributed by atoms with Gasteiger partial charge in [0.1, 0.15) is 17.2 Å². The van der Waals surface area contributed by atoms with Gasteiger partial charge in [0, 0.05) is 0 Å². The van der Waals surface area contributed by atoms with E-state index in [9.17, 15) is 19.5 Å². The van der Waals surface area contributed by atoms with Gasteiger partial charge in [-0.05, 0) is 72.8 Å². The number of aromatic hydroxyl groups is 1. The number of phenolic OH excluding ortho intramolecular Hbond substituents is 1. The van der Waals surface area contributed by atoms with Crippen molar-refractivity contribution in [2.75, 3.05) is 7.11 Å². The quantitative estimate of drug-likeness (QED) is 0.523. The van der Waals surface area contributed by atoms with Crippen LogP contribution in [0.1, 0.15) is 31.1 Å². The molecule has 0 radical (unpaired) electrons. The van der Waals surface area contributed by atoms with E-state index in [1.54, 1.807) is 0 Å². The summed E-state index contributed by atoms with van der Waals surface area (Å²) in [4.78, 5) is 35.7. The third-order valence-electron chi connectivity index (χ3n) is 3.89. The summed E-state index contributed by atoms with van der Waals surface area (Å²) in [6.07, 6.45) is 0. The molecule has 0 fully saturated rings. The van der Waals surface area contributed by atoms with Crippen molar-refractivity contribution < 1.29 is 33.7 Å². The van der Waals surface area contributed by atoms with Crippen LogP contribution in [-0.4, -0.2) is 30.1 Å². The normalized spacial score (nSPS) is 10.1. The lowest BCUT2D eigenvalue weighted by Crippen LogP contribution is -2.10. The van der Waals surface area contributed by atoms with Gasteiger partial charge in [-0.25, -0.2) is 14.4 Å². The second kappa shape index (κ2) is 8.71. The first kappa shape index (κ1) is 19.6. The van der Waals surface area contributed by atoms with Crippen LogP contribution in [0.25, 0.3) is 0 Å². The summed E-state index contributed by atoms with van der Waals surface area (Å²) < 4.78 is 15.1. The maximum absolute atomic E-state index is 12.2. The molecule has 1 N–H and O–H groups in total. The van der Waals surface area contributed by atoms with Gasteiger partial charge in [-0.15, -0.1) is 0 Å². The molecule has 0 aromatic heterocycles. The molecule has 7 heteroatoms. The van der Waals surface area contributed by atoms with Crippen LogP contribution in [0.5, 0.6) is 17.2 Å². The van der Waals surface area contributed by atoms with Crippen molar-refractivity contribution >= 4 is 17.9 Å². The van der Waals surface area contributed by atoms with E-state index < -0.39 is 17.9 Å². The van der Waals surface area contributed by atoms with Crippen molar-refractivity contribution in [1.29, 1.82) is 0 Å². The molecule has 7 nitrogen and oxygen atoms in total. The van der Waals surface area contributed by atoms with Gasteiger partial charge in [0.05, 0.1) is 23.8 Å². The van der Waals surface area contributed by atoms with Crippen molar-refractivity contribution in [1.82, 2.24) is 0 Å². The fraction of sp³-hybridized carbons (Fsp3) is 0.0455. The Balaban J connectivity index is 1.61. The smallest absolute Gasteiger partial charge is 0.343 e. The Morgan fingerprint density at radius 1 is 0.586 bits per heavy atom. The van der Waals surface area contributed by atoms with Crippen molar-refractivity contribution in [2.45, 2.75) is 0 Å². The highest BCUT2D eigenvalue weighted by atomic mass is 16.5. The number of carbonyl (C=O) groups is 3. The molecule has 0 heterocycles.